The number of halogens is 2. The second-order valence-corrected chi connectivity index (χ2v) is 5.97. The zero-order chi connectivity index (χ0) is 12.7. The van der Waals surface area contributed by atoms with Crippen LogP contribution in [0.4, 0.5) is 0 Å². The molecule has 0 bridgehead atoms. The Morgan fingerprint density at radius 2 is 2.17 bits per heavy atom. The first-order valence-corrected chi connectivity index (χ1v) is 7.25. The van der Waals surface area contributed by atoms with Crippen molar-refractivity contribution in [1.82, 2.24) is 4.57 Å². The Bertz CT molecular complexity index is 591. The number of benzene rings is 1. The van der Waals surface area contributed by atoms with Crippen molar-refractivity contribution in [2.45, 2.75) is 25.3 Å². The highest BCUT2D eigenvalue weighted by atomic mass is 79.9. The fourth-order valence-electron chi connectivity index (χ4n) is 2.63. The fraction of sp³-hybridized carbons (Fsp3) is 0.286. The molecule has 1 aromatic heterocycles. The Balaban J connectivity index is 2.12. The number of nitrogens with two attached hydrogens (primary N) is 1. The smallest absolute Gasteiger partial charge is 0.0595 e. The van der Waals surface area contributed by atoms with Gasteiger partial charge in [0.25, 0.3) is 0 Å². The molecule has 94 valence electrons. The molecule has 0 radical (unpaired) electrons. The fourth-order valence-corrected chi connectivity index (χ4v) is 3.50. The number of rotatable bonds is 1. The molecule has 3 rings (SSSR count). The van der Waals surface area contributed by atoms with E-state index >= 15 is 0 Å². The van der Waals surface area contributed by atoms with Crippen LogP contribution in [0.5, 0.6) is 0 Å². The Morgan fingerprint density at radius 3 is 2.94 bits per heavy atom. The predicted octanol–water partition coefficient (Wildman–Crippen LogP) is 4.23. The summed E-state index contributed by atoms with van der Waals surface area (Å²) in [6.45, 7) is 0. The lowest BCUT2D eigenvalue weighted by Crippen LogP contribution is -2.17. The van der Waals surface area contributed by atoms with Gasteiger partial charge in [-0.15, -0.1) is 0 Å². The van der Waals surface area contributed by atoms with Crippen LogP contribution in [0.15, 0.2) is 34.9 Å². The van der Waals surface area contributed by atoms with Gasteiger partial charge in [-0.2, -0.15) is 0 Å². The van der Waals surface area contributed by atoms with Gasteiger partial charge in [-0.3, -0.25) is 0 Å². The Labute approximate surface area is 120 Å². The third-order valence-electron chi connectivity index (χ3n) is 3.52. The van der Waals surface area contributed by atoms with Crippen LogP contribution in [0, 0.1) is 0 Å². The van der Waals surface area contributed by atoms with E-state index in [0.717, 1.165) is 34.4 Å². The summed E-state index contributed by atoms with van der Waals surface area (Å²) in [5, 5.41) is 0.739. The molecule has 18 heavy (non-hydrogen) atoms. The summed E-state index contributed by atoms with van der Waals surface area (Å²) in [6.07, 6.45) is 5.43. The normalized spacial score (nSPS) is 18.7. The van der Waals surface area contributed by atoms with Crippen LogP contribution in [0.25, 0.3) is 5.69 Å². The van der Waals surface area contributed by atoms with Gasteiger partial charge in [-0.25, -0.2) is 0 Å². The van der Waals surface area contributed by atoms with Crippen molar-refractivity contribution in [3.63, 3.8) is 0 Å². The third-order valence-corrected chi connectivity index (χ3v) is 4.39. The summed E-state index contributed by atoms with van der Waals surface area (Å²) in [7, 11) is 0. The minimum absolute atomic E-state index is 0.182. The molecule has 4 heteroatoms. The van der Waals surface area contributed by atoms with Gasteiger partial charge in [-0.1, -0.05) is 11.6 Å². The van der Waals surface area contributed by atoms with Gasteiger partial charge in [0.05, 0.1) is 5.69 Å². The van der Waals surface area contributed by atoms with E-state index in [1.165, 1.54) is 11.3 Å². The van der Waals surface area contributed by atoms with Crippen molar-refractivity contribution in [3.8, 4) is 5.69 Å². The number of hydrogen-bond acceptors (Lipinski definition) is 1. The first kappa shape index (κ1) is 12.3. The molecule has 1 aliphatic rings. The molecule has 1 atom stereocenters. The van der Waals surface area contributed by atoms with Gasteiger partial charge in [-0.05, 0) is 65.0 Å². The summed E-state index contributed by atoms with van der Waals surface area (Å²) in [5.41, 5.74) is 9.88. The molecule has 0 amide bonds. The van der Waals surface area contributed by atoms with Gasteiger partial charge < -0.3 is 10.3 Å². The minimum Gasteiger partial charge on any atom is -0.324 e. The van der Waals surface area contributed by atoms with Crippen LogP contribution < -0.4 is 5.73 Å². The Kier molecular flexibility index (Phi) is 3.22. The molecule has 0 spiro atoms. The standard InChI is InChI=1S/C14H14BrClN2/c15-11-8-9(16)4-5-14(11)18-7-6-10-12(17)2-1-3-13(10)18/h4-8,12H,1-3,17H2. The SMILES string of the molecule is NC1CCCc2c1ccn2-c1ccc(Cl)cc1Br. The number of nitrogens with zero attached hydrogens (tertiary/aromatic N) is 1. The van der Waals surface area contributed by atoms with E-state index in [9.17, 15) is 0 Å². The molecule has 2 aromatic rings. The maximum absolute atomic E-state index is 6.15. The van der Waals surface area contributed by atoms with Gasteiger partial charge in [0.2, 0.25) is 0 Å². The van der Waals surface area contributed by atoms with Gasteiger partial charge in [0.1, 0.15) is 0 Å². The predicted molar refractivity (Wildman–Crippen MR) is 78.3 cm³/mol. The zero-order valence-electron chi connectivity index (χ0n) is 9.87. The van der Waals surface area contributed by atoms with Gasteiger partial charge in [0.15, 0.2) is 0 Å². The summed E-state index contributed by atoms with van der Waals surface area (Å²) < 4.78 is 3.22. The van der Waals surface area contributed by atoms with Crippen molar-refractivity contribution < 1.29 is 0 Å². The quantitative estimate of drug-likeness (QED) is 0.836. The molecule has 0 saturated carbocycles. The Hall–Kier alpha value is -0.770. The topological polar surface area (TPSA) is 30.9 Å². The summed E-state index contributed by atoms with van der Waals surface area (Å²) in [4.78, 5) is 0. The van der Waals surface area contributed by atoms with Crippen molar-refractivity contribution in [2.75, 3.05) is 0 Å². The third kappa shape index (κ3) is 2.00. The molecule has 1 heterocycles. The van der Waals surface area contributed by atoms with E-state index in [0.29, 0.717) is 0 Å². The maximum Gasteiger partial charge on any atom is 0.0595 e. The molecule has 2 N–H and O–H groups in total. The number of hydrogen-bond donors (Lipinski definition) is 1. The van der Waals surface area contributed by atoms with Crippen molar-refractivity contribution in [2.24, 2.45) is 5.73 Å². The van der Waals surface area contributed by atoms with E-state index in [1.807, 2.05) is 18.2 Å². The van der Waals surface area contributed by atoms with Crippen LogP contribution in [0.1, 0.15) is 30.1 Å². The second-order valence-electron chi connectivity index (χ2n) is 4.68. The highest BCUT2D eigenvalue weighted by molar-refractivity contribution is 9.10. The van der Waals surface area contributed by atoms with Gasteiger partial charge in [0, 0.05) is 27.4 Å². The lowest BCUT2D eigenvalue weighted by atomic mass is 9.93. The highest BCUT2D eigenvalue weighted by Crippen LogP contribution is 2.33. The first-order chi connectivity index (χ1) is 8.66. The Morgan fingerprint density at radius 1 is 1.33 bits per heavy atom. The van der Waals surface area contributed by atoms with E-state index < -0.39 is 0 Å². The first-order valence-electron chi connectivity index (χ1n) is 6.08. The van der Waals surface area contributed by atoms with Crippen molar-refractivity contribution in [3.05, 3.63) is 51.2 Å². The molecule has 0 fully saturated rings. The maximum atomic E-state index is 6.15. The van der Waals surface area contributed by atoms with Crippen molar-refractivity contribution in [1.29, 1.82) is 0 Å². The summed E-state index contributed by atoms with van der Waals surface area (Å²) >= 11 is 9.56. The van der Waals surface area contributed by atoms with Crippen LogP contribution >= 0.6 is 27.5 Å². The van der Waals surface area contributed by atoms with E-state index in [-0.39, 0.29) is 6.04 Å². The van der Waals surface area contributed by atoms with Crippen LogP contribution in [0.3, 0.4) is 0 Å². The van der Waals surface area contributed by atoms with Crippen LogP contribution in [0.2, 0.25) is 5.02 Å². The summed E-state index contributed by atoms with van der Waals surface area (Å²) in [5.74, 6) is 0. The van der Waals surface area contributed by atoms with Gasteiger partial charge >= 0.3 is 0 Å². The lowest BCUT2D eigenvalue weighted by Gasteiger charge is -2.21. The summed E-state index contributed by atoms with van der Waals surface area (Å²) in [6, 6.07) is 8.19. The molecule has 1 aromatic carbocycles. The van der Waals surface area contributed by atoms with E-state index in [4.69, 9.17) is 17.3 Å². The number of fused-ring (bicyclic) bond motifs is 1. The molecular formula is C14H14BrClN2. The molecule has 1 aliphatic carbocycles. The zero-order valence-corrected chi connectivity index (χ0v) is 12.2. The van der Waals surface area contributed by atoms with Crippen molar-refractivity contribution >= 4 is 27.5 Å². The monoisotopic (exact) mass is 324 g/mol. The second kappa shape index (κ2) is 4.72. The molecule has 1 unspecified atom stereocenters. The average molecular weight is 326 g/mol. The highest BCUT2D eigenvalue weighted by Gasteiger charge is 2.21. The molecule has 0 aliphatic heterocycles. The minimum atomic E-state index is 0.182. The molecule has 2 nitrogen and oxygen atoms in total. The van der Waals surface area contributed by atoms with Crippen LogP contribution in [-0.4, -0.2) is 4.57 Å². The average Bonchev–Trinajstić information content (AvgIpc) is 2.74. The van der Waals surface area contributed by atoms with E-state index in [2.05, 4.69) is 32.8 Å². The van der Waals surface area contributed by atoms with E-state index in [1.54, 1.807) is 0 Å². The molecular weight excluding hydrogens is 312 g/mol. The van der Waals surface area contributed by atoms with Crippen LogP contribution in [-0.2, 0) is 6.42 Å². The lowest BCUT2D eigenvalue weighted by molar-refractivity contribution is 0.560. The largest absolute Gasteiger partial charge is 0.324 e. The molecule has 0 saturated heterocycles. The number of aromatic nitrogens is 1.